The van der Waals surface area contributed by atoms with Crippen molar-refractivity contribution < 1.29 is 24.5 Å². The first-order valence-corrected chi connectivity index (χ1v) is 12.5. The molecule has 1 heterocycles. The van der Waals surface area contributed by atoms with Gasteiger partial charge in [0.05, 0.1) is 11.6 Å². The van der Waals surface area contributed by atoms with Gasteiger partial charge in [0.2, 0.25) is 0 Å². The first-order chi connectivity index (χ1) is 18.1. The summed E-state index contributed by atoms with van der Waals surface area (Å²) in [5, 5.41) is 23.1. The van der Waals surface area contributed by atoms with Crippen molar-refractivity contribution >= 4 is 28.2 Å². The minimum absolute atomic E-state index is 0.0183. The summed E-state index contributed by atoms with van der Waals surface area (Å²) in [5.74, 6) is -0.903. The lowest BCUT2D eigenvalue weighted by molar-refractivity contribution is -0.140. The number of aliphatic hydroxyl groups excluding tert-OH is 1. The van der Waals surface area contributed by atoms with Crippen LogP contribution in [0.25, 0.3) is 16.5 Å². The highest BCUT2D eigenvalue weighted by Gasteiger charge is 2.46. The van der Waals surface area contributed by atoms with Crippen LogP contribution in [-0.4, -0.2) is 32.4 Å². The van der Waals surface area contributed by atoms with Gasteiger partial charge in [-0.25, -0.2) is 0 Å². The van der Waals surface area contributed by atoms with Gasteiger partial charge in [-0.1, -0.05) is 66.7 Å². The summed E-state index contributed by atoms with van der Waals surface area (Å²) in [4.78, 5) is 28.3. The van der Waals surface area contributed by atoms with Gasteiger partial charge in [0.15, 0.2) is 0 Å². The summed E-state index contributed by atoms with van der Waals surface area (Å²) in [5.41, 5.74) is 1.57. The monoisotopic (exact) mass is 507 g/mol. The highest BCUT2D eigenvalue weighted by Crippen LogP contribution is 2.41. The molecule has 0 spiro atoms. The van der Waals surface area contributed by atoms with E-state index in [1.807, 2.05) is 81.4 Å². The van der Waals surface area contributed by atoms with Crippen molar-refractivity contribution in [3.63, 3.8) is 0 Å². The fraction of sp³-hybridized carbons (Fsp3) is 0.188. The van der Waals surface area contributed by atoms with Gasteiger partial charge in [0.25, 0.3) is 11.7 Å². The first-order valence-electron chi connectivity index (χ1n) is 12.5. The maximum Gasteiger partial charge on any atom is 0.295 e. The number of Topliss-reactive ketones (excluding diaryl/α,β-unsaturated/α-hetero) is 1. The molecule has 0 bridgehead atoms. The van der Waals surface area contributed by atoms with Crippen LogP contribution >= 0.6 is 0 Å². The molecule has 1 unspecified atom stereocenters. The number of fused-ring (bicyclic) bond motifs is 1. The Balaban J connectivity index is 1.60. The zero-order valence-corrected chi connectivity index (χ0v) is 21.5. The number of hydrogen-bond donors (Lipinski definition) is 2. The third kappa shape index (κ3) is 4.85. The van der Waals surface area contributed by atoms with Crippen LogP contribution < -0.4 is 4.74 Å². The number of phenols is 1. The lowest BCUT2D eigenvalue weighted by Gasteiger charge is -2.26. The molecule has 1 saturated heterocycles. The van der Waals surface area contributed by atoms with Gasteiger partial charge in [-0.15, -0.1) is 0 Å². The lowest BCUT2D eigenvalue weighted by atomic mass is 9.93. The molecule has 4 aromatic carbocycles. The first kappa shape index (κ1) is 25.1. The molecule has 38 heavy (non-hydrogen) atoms. The van der Waals surface area contributed by atoms with Crippen molar-refractivity contribution in [1.29, 1.82) is 0 Å². The lowest BCUT2D eigenvalue weighted by Crippen LogP contribution is -2.29. The van der Waals surface area contributed by atoms with Crippen molar-refractivity contribution in [1.82, 2.24) is 4.90 Å². The minimum Gasteiger partial charge on any atom is -0.508 e. The molecule has 5 rings (SSSR count). The summed E-state index contributed by atoms with van der Waals surface area (Å²) in [7, 11) is 0. The van der Waals surface area contributed by atoms with E-state index in [0.29, 0.717) is 16.9 Å². The number of carbonyl (C=O) groups is 2. The van der Waals surface area contributed by atoms with Crippen molar-refractivity contribution in [2.24, 2.45) is 0 Å². The smallest absolute Gasteiger partial charge is 0.295 e. The fourth-order valence-electron chi connectivity index (χ4n) is 4.84. The molecule has 0 aliphatic carbocycles. The van der Waals surface area contributed by atoms with Crippen LogP contribution in [0.5, 0.6) is 11.5 Å². The number of carbonyl (C=O) groups excluding carboxylic acids is 2. The Bertz CT molecular complexity index is 1540. The summed E-state index contributed by atoms with van der Waals surface area (Å²) in [6, 6.07) is 25.9. The van der Waals surface area contributed by atoms with E-state index in [9.17, 15) is 19.8 Å². The Hall–Kier alpha value is -4.58. The Morgan fingerprint density at radius 2 is 1.53 bits per heavy atom. The van der Waals surface area contributed by atoms with E-state index in [1.54, 1.807) is 18.2 Å². The molecule has 0 aromatic heterocycles. The molecule has 192 valence electrons. The minimum atomic E-state index is -0.833. The SMILES string of the molecule is CC(C)(C)Oc1ccc(CN2C(=O)C(=O)/C(=C(\O)c3cccc4ccccc34)C2c2ccc(O)cc2)cc1. The van der Waals surface area contributed by atoms with E-state index < -0.39 is 17.7 Å². The quantitative estimate of drug-likeness (QED) is 0.187. The summed E-state index contributed by atoms with van der Waals surface area (Å²) in [6.45, 7) is 6.05. The number of phenolic OH excluding ortho intramolecular Hbond substituents is 1. The van der Waals surface area contributed by atoms with Crippen molar-refractivity contribution in [3.8, 4) is 11.5 Å². The second-order valence-corrected chi connectivity index (χ2v) is 10.4. The maximum atomic E-state index is 13.4. The third-order valence-corrected chi connectivity index (χ3v) is 6.49. The highest BCUT2D eigenvalue weighted by molar-refractivity contribution is 6.46. The predicted octanol–water partition coefficient (Wildman–Crippen LogP) is 6.34. The number of nitrogens with zero attached hydrogens (tertiary/aromatic N) is 1. The molecular weight excluding hydrogens is 478 g/mol. The number of amides is 1. The topological polar surface area (TPSA) is 87.1 Å². The number of benzene rings is 4. The molecule has 1 aliphatic heterocycles. The standard InChI is InChI=1S/C32H29NO5/c1-32(2,3)38-24-17-11-20(12-18-24)19-33-28(22-13-15-23(34)16-14-22)27(30(36)31(33)37)29(35)26-10-6-8-21-7-4-5-9-25(21)26/h4-18,28,34-35H,19H2,1-3H3/b29-27-. The van der Waals surface area contributed by atoms with Gasteiger partial charge in [-0.05, 0) is 66.9 Å². The molecule has 0 radical (unpaired) electrons. The molecule has 1 fully saturated rings. The number of aliphatic hydroxyl groups is 1. The van der Waals surface area contributed by atoms with Crippen molar-refractivity contribution in [2.75, 3.05) is 0 Å². The average molecular weight is 508 g/mol. The van der Waals surface area contributed by atoms with Gasteiger partial charge < -0.3 is 19.8 Å². The van der Waals surface area contributed by atoms with Gasteiger partial charge in [0, 0.05) is 12.1 Å². The number of aromatic hydroxyl groups is 1. The average Bonchev–Trinajstić information content (AvgIpc) is 3.13. The van der Waals surface area contributed by atoms with E-state index in [2.05, 4.69) is 0 Å². The van der Waals surface area contributed by atoms with Crippen molar-refractivity contribution in [3.05, 3.63) is 113 Å². The molecule has 1 aliphatic rings. The van der Waals surface area contributed by atoms with Crippen LogP contribution in [0.1, 0.15) is 43.5 Å². The molecule has 4 aromatic rings. The normalized spacial score (nSPS) is 17.2. The zero-order chi connectivity index (χ0) is 27.0. The van der Waals surface area contributed by atoms with E-state index >= 15 is 0 Å². The van der Waals surface area contributed by atoms with Crippen LogP contribution in [0.2, 0.25) is 0 Å². The van der Waals surface area contributed by atoms with Crippen LogP contribution in [-0.2, 0) is 16.1 Å². The summed E-state index contributed by atoms with van der Waals surface area (Å²) < 4.78 is 5.90. The second kappa shape index (κ2) is 9.71. The zero-order valence-electron chi connectivity index (χ0n) is 21.5. The molecule has 1 amide bonds. The van der Waals surface area contributed by atoms with Crippen LogP contribution in [0, 0.1) is 0 Å². The van der Waals surface area contributed by atoms with E-state index in [4.69, 9.17) is 4.74 Å². The largest absolute Gasteiger partial charge is 0.508 e. The molecular formula is C32H29NO5. The molecule has 0 saturated carbocycles. The fourth-order valence-corrected chi connectivity index (χ4v) is 4.84. The Labute approximate surface area is 221 Å². The highest BCUT2D eigenvalue weighted by atomic mass is 16.5. The van der Waals surface area contributed by atoms with Gasteiger partial charge in [0.1, 0.15) is 22.9 Å². The van der Waals surface area contributed by atoms with Crippen LogP contribution in [0.3, 0.4) is 0 Å². The number of hydrogen-bond acceptors (Lipinski definition) is 5. The predicted molar refractivity (Wildman–Crippen MR) is 147 cm³/mol. The molecule has 2 N–H and O–H groups in total. The van der Waals surface area contributed by atoms with Gasteiger partial charge in [-0.2, -0.15) is 0 Å². The Morgan fingerprint density at radius 3 is 2.21 bits per heavy atom. The molecule has 6 heteroatoms. The van der Waals surface area contributed by atoms with Crippen LogP contribution in [0.15, 0.2) is 96.6 Å². The third-order valence-electron chi connectivity index (χ3n) is 6.49. The summed E-state index contributed by atoms with van der Waals surface area (Å²) >= 11 is 0. The maximum absolute atomic E-state index is 13.4. The Kier molecular flexibility index (Phi) is 6.41. The van der Waals surface area contributed by atoms with Crippen LogP contribution in [0.4, 0.5) is 0 Å². The van der Waals surface area contributed by atoms with Gasteiger partial charge >= 0.3 is 0 Å². The van der Waals surface area contributed by atoms with Gasteiger partial charge in [-0.3, -0.25) is 9.59 Å². The number of ether oxygens (including phenoxy) is 1. The van der Waals surface area contributed by atoms with Crippen molar-refractivity contribution in [2.45, 2.75) is 39.0 Å². The number of likely N-dealkylation sites (tertiary alicyclic amines) is 1. The number of ketones is 1. The second-order valence-electron chi connectivity index (χ2n) is 10.4. The van der Waals surface area contributed by atoms with E-state index in [0.717, 1.165) is 16.3 Å². The van der Waals surface area contributed by atoms with E-state index in [-0.39, 0.29) is 29.2 Å². The number of rotatable bonds is 5. The summed E-state index contributed by atoms with van der Waals surface area (Å²) in [6.07, 6.45) is 0. The molecule has 1 atom stereocenters. The Morgan fingerprint density at radius 1 is 0.868 bits per heavy atom. The molecule has 6 nitrogen and oxygen atoms in total. The van der Waals surface area contributed by atoms with E-state index in [1.165, 1.54) is 17.0 Å².